The van der Waals surface area contributed by atoms with E-state index in [4.69, 9.17) is 9.84 Å². The van der Waals surface area contributed by atoms with Gasteiger partial charge >= 0.3 is 5.97 Å². The van der Waals surface area contributed by atoms with Gasteiger partial charge in [-0.05, 0) is 52.9 Å². The first-order valence-electron chi connectivity index (χ1n) is 6.70. The van der Waals surface area contributed by atoms with Gasteiger partial charge in [0.1, 0.15) is 5.75 Å². The van der Waals surface area contributed by atoms with E-state index in [1.54, 1.807) is 18.2 Å². The largest absolute Gasteiger partial charge is 0.496 e. The molecule has 24 heavy (non-hydrogen) atoms. The molecular weight excluding hydrogens is 427 g/mol. The van der Waals surface area contributed by atoms with E-state index in [9.17, 15) is 14.4 Å². The van der Waals surface area contributed by atoms with Crippen molar-refractivity contribution in [3.05, 3.63) is 62.7 Å². The molecule has 2 aromatic rings. The van der Waals surface area contributed by atoms with Crippen LogP contribution in [0.25, 0.3) is 0 Å². The fourth-order valence-corrected chi connectivity index (χ4v) is 2.66. The number of methoxy groups -OCH3 is 1. The number of amides is 2. The zero-order chi connectivity index (χ0) is 17.7. The molecule has 0 saturated heterocycles. The van der Waals surface area contributed by atoms with E-state index in [0.29, 0.717) is 11.3 Å². The summed E-state index contributed by atoms with van der Waals surface area (Å²) in [5.74, 6) is -1.84. The lowest BCUT2D eigenvalue weighted by molar-refractivity contribution is 0.0690. The quantitative estimate of drug-likeness (QED) is 0.499. The van der Waals surface area contributed by atoms with Gasteiger partial charge in [0.25, 0.3) is 11.8 Å². The lowest BCUT2D eigenvalue weighted by Crippen LogP contribution is -2.42. The van der Waals surface area contributed by atoms with Crippen LogP contribution in [0, 0.1) is 3.57 Å². The molecule has 3 N–H and O–H groups in total. The fraction of sp³-hybridized carbons (Fsp3) is 0.0625. The van der Waals surface area contributed by atoms with Gasteiger partial charge in [-0.15, -0.1) is 0 Å². The van der Waals surface area contributed by atoms with Crippen molar-refractivity contribution in [3.8, 4) is 5.75 Å². The maximum absolute atomic E-state index is 12.1. The molecule has 0 spiro atoms. The zero-order valence-electron chi connectivity index (χ0n) is 12.5. The van der Waals surface area contributed by atoms with E-state index in [0.717, 1.165) is 3.57 Å². The van der Waals surface area contributed by atoms with E-state index in [-0.39, 0.29) is 11.1 Å². The van der Waals surface area contributed by atoms with Crippen molar-refractivity contribution in [2.45, 2.75) is 0 Å². The molecule has 0 radical (unpaired) electrons. The molecule has 0 aliphatic rings. The second kappa shape index (κ2) is 7.77. The Bertz CT molecular complexity index is 807. The highest BCUT2D eigenvalue weighted by Gasteiger charge is 2.16. The SMILES string of the molecule is COc1ccc(C(=O)NNC(=O)c2ccccc2C(=O)O)cc1I. The number of rotatable bonds is 4. The minimum atomic E-state index is -1.23. The van der Waals surface area contributed by atoms with E-state index < -0.39 is 17.8 Å². The minimum Gasteiger partial charge on any atom is -0.496 e. The molecule has 2 aromatic carbocycles. The minimum absolute atomic E-state index is 0.0467. The topological polar surface area (TPSA) is 105 Å². The summed E-state index contributed by atoms with van der Waals surface area (Å²) in [7, 11) is 1.53. The number of nitrogens with one attached hydrogen (secondary N) is 2. The summed E-state index contributed by atoms with van der Waals surface area (Å²) in [6.45, 7) is 0. The van der Waals surface area contributed by atoms with Gasteiger partial charge in [-0.2, -0.15) is 0 Å². The predicted molar refractivity (Wildman–Crippen MR) is 94.0 cm³/mol. The standard InChI is InChI=1S/C16H13IN2O5/c1-24-13-7-6-9(8-12(13)17)14(20)18-19-15(21)10-4-2-3-5-11(10)16(22)23/h2-8H,1H3,(H,18,20)(H,19,21)(H,22,23). The second-order valence-corrected chi connectivity index (χ2v) is 5.77. The second-order valence-electron chi connectivity index (χ2n) is 4.61. The number of hydrogen-bond acceptors (Lipinski definition) is 4. The third-order valence-corrected chi connectivity index (χ3v) is 3.95. The molecule has 8 heteroatoms. The summed E-state index contributed by atoms with van der Waals surface area (Å²) in [5, 5.41) is 9.07. The number of carbonyl (C=O) groups excluding carboxylic acids is 2. The Morgan fingerprint density at radius 2 is 1.62 bits per heavy atom. The fourth-order valence-electron chi connectivity index (χ4n) is 1.93. The molecule has 0 fully saturated rings. The number of hydrogen-bond donors (Lipinski definition) is 3. The van der Waals surface area contributed by atoms with Crippen molar-refractivity contribution < 1.29 is 24.2 Å². The molecule has 2 amide bonds. The van der Waals surface area contributed by atoms with Gasteiger partial charge in [0.15, 0.2) is 0 Å². The molecule has 7 nitrogen and oxygen atoms in total. The van der Waals surface area contributed by atoms with Gasteiger partial charge < -0.3 is 9.84 Å². The molecule has 0 saturated carbocycles. The zero-order valence-corrected chi connectivity index (χ0v) is 14.7. The molecule has 0 atom stereocenters. The average molecular weight is 440 g/mol. The molecule has 0 unspecified atom stereocenters. The summed E-state index contributed by atoms with van der Waals surface area (Å²) >= 11 is 2.02. The number of benzene rings is 2. The van der Waals surface area contributed by atoms with E-state index in [2.05, 4.69) is 10.9 Å². The van der Waals surface area contributed by atoms with E-state index >= 15 is 0 Å². The van der Waals surface area contributed by atoms with Crippen LogP contribution in [0.15, 0.2) is 42.5 Å². The molecule has 0 aromatic heterocycles. The number of carboxylic acid groups (broad SMARTS) is 1. The molecule has 0 aliphatic carbocycles. The lowest BCUT2D eigenvalue weighted by Gasteiger charge is -2.10. The number of carbonyl (C=O) groups is 3. The van der Waals surface area contributed by atoms with Crippen molar-refractivity contribution in [3.63, 3.8) is 0 Å². The molecule has 0 bridgehead atoms. The van der Waals surface area contributed by atoms with Gasteiger partial charge in [-0.25, -0.2) is 4.79 Å². The Kier molecular flexibility index (Phi) is 5.74. The van der Waals surface area contributed by atoms with Crippen molar-refractivity contribution in [1.82, 2.24) is 10.9 Å². The van der Waals surface area contributed by atoms with Gasteiger partial charge in [0.2, 0.25) is 0 Å². The van der Waals surface area contributed by atoms with Crippen LogP contribution < -0.4 is 15.6 Å². The van der Waals surface area contributed by atoms with Crippen molar-refractivity contribution in [2.75, 3.05) is 7.11 Å². The summed E-state index contributed by atoms with van der Waals surface area (Å²) in [5.41, 5.74) is 4.59. The first kappa shape index (κ1) is 17.7. The van der Waals surface area contributed by atoms with Crippen LogP contribution in [-0.4, -0.2) is 30.0 Å². The molecule has 0 aliphatic heterocycles. The van der Waals surface area contributed by atoms with Gasteiger partial charge in [-0.3, -0.25) is 20.4 Å². The Balaban J connectivity index is 2.08. The summed E-state index contributed by atoms with van der Waals surface area (Å²) < 4.78 is 5.85. The summed E-state index contributed by atoms with van der Waals surface area (Å²) in [6, 6.07) is 10.5. The smallest absolute Gasteiger partial charge is 0.336 e. The third kappa shape index (κ3) is 4.02. The predicted octanol–water partition coefficient (Wildman–Crippen LogP) is 2.07. The highest BCUT2D eigenvalue weighted by molar-refractivity contribution is 14.1. The van der Waals surface area contributed by atoms with Gasteiger partial charge in [0, 0.05) is 5.56 Å². The Morgan fingerprint density at radius 1 is 1.00 bits per heavy atom. The van der Waals surface area contributed by atoms with Crippen LogP contribution in [-0.2, 0) is 0 Å². The van der Waals surface area contributed by atoms with E-state index in [1.165, 1.54) is 31.4 Å². The van der Waals surface area contributed by atoms with Crippen LogP contribution in [0.4, 0.5) is 0 Å². The first-order chi connectivity index (χ1) is 11.4. The lowest BCUT2D eigenvalue weighted by atomic mass is 10.1. The van der Waals surface area contributed by atoms with Crippen molar-refractivity contribution >= 4 is 40.4 Å². The van der Waals surface area contributed by atoms with Crippen LogP contribution in [0.1, 0.15) is 31.1 Å². The Morgan fingerprint density at radius 3 is 2.21 bits per heavy atom. The normalized spacial score (nSPS) is 9.92. The third-order valence-electron chi connectivity index (χ3n) is 3.11. The van der Waals surface area contributed by atoms with Gasteiger partial charge in [-0.1, -0.05) is 12.1 Å². The first-order valence-corrected chi connectivity index (χ1v) is 7.78. The molecule has 0 heterocycles. The maximum Gasteiger partial charge on any atom is 0.336 e. The highest BCUT2D eigenvalue weighted by atomic mass is 127. The molecule has 124 valence electrons. The Hall–Kier alpha value is -2.62. The number of ether oxygens (including phenoxy) is 1. The maximum atomic E-state index is 12.1. The average Bonchev–Trinajstić information content (AvgIpc) is 2.59. The monoisotopic (exact) mass is 440 g/mol. The van der Waals surface area contributed by atoms with E-state index in [1.807, 2.05) is 22.6 Å². The van der Waals surface area contributed by atoms with Crippen molar-refractivity contribution in [2.24, 2.45) is 0 Å². The van der Waals surface area contributed by atoms with Gasteiger partial charge in [0.05, 0.1) is 21.8 Å². The number of halogens is 1. The number of carboxylic acids is 1. The number of hydrazine groups is 1. The number of aromatic carboxylic acids is 1. The van der Waals surface area contributed by atoms with Crippen LogP contribution in [0.3, 0.4) is 0 Å². The van der Waals surface area contributed by atoms with Crippen LogP contribution >= 0.6 is 22.6 Å². The summed E-state index contributed by atoms with van der Waals surface area (Å²) in [4.78, 5) is 35.2. The molecular formula is C16H13IN2O5. The molecule has 2 rings (SSSR count). The van der Waals surface area contributed by atoms with Crippen LogP contribution in [0.2, 0.25) is 0 Å². The Labute approximate surface area is 151 Å². The van der Waals surface area contributed by atoms with Crippen molar-refractivity contribution in [1.29, 1.82) is 0 Å². The summed E-state index contributed by atoms with van der Waals surface area (Å²) in [6.07, 6.45) is 0. The highest BCUT2D eigenvalue weighted by Crippen LogP contribution is 2.21. The van der Waals surface area contributed by atoms with Crippen LogP contribution in [0.5, 0.6) is 5.75 Å².